The number of nitrogens with one attached hydrogen (secondary N) is 1. The molecule has 0 aromatic heterocycles. The van der Waals surface area contributed by atoms with Gasteiger partial charge in [0.1, 0.15) is 5.82 Å². The van der Waals surface area contributed by atoms with Crippen molar-refractivity contribution in [3.63, 3.8) is 0 Å². The summed E-state index contributed by atoms with van der Waals surface area (Å²) in [4.78, 5) is 12.1. The molecule has 2 rings (SSSR count). The fourth-order valence-electron chi connectivity index (χ4n) is 2.51. The van der Waals surface area contributed by atoms with Gasteiger partial charge in [0.2, 0.25) is 15.9 Å². The Morgan fingerprint density at radius 1 is 1.04 bits per heavy atom. The molecule has 0 radical (unpaired) electrons. The Morgan fingerprint density at radius 3 is 2.35 bits per heavy atom. The minimum Gasteiger partial charge on any atom is -0.355 e. The molecule has 0 aliphatic heterocycles. The van der Waals surface area contributed by atoms with Crippen LogP contribution in [0.4, 0.5) is 4.39 Å². The van der Waals surface area contributed by atoms with Crippen LogP contribution in [0, 0.1) is 5.82 Å². The fraction of sp³-hybridized carbons (Fsp3) is 0.316. The van der Waals surface area contributed by atoms with Gasteiger partial charge in [0, 0.05) is 13.1 Å². The summed E-state index contributed by atoms with van der Waals surface area (Å²) >= 11 is 0. The van der Waals surface area contributed by atoms with E-state index in [4.69, 9.17) is 0 Å². The first-order chi connectivity index (χ1) is 12.4. The molecular weight excluding hydrogens is 355 g/mol. The lowest BCUT2D eigenvalue weighted by Crippen LogP contribution is -2.41. The van der Waals surface area contributed by atoms with Gasteiger partial charge in [-0.05, 0) is 30.0 Å². The van der Waals surface area contributed by atoms with Crippen LogP contribution in [0.2, 0.25) is 0 Å². The van der Waals surface area contributed by atoms with Crippen molar-refractivity contribution in [2.45, 2.75) is 12.8 Å². The van der Waals surface area contributed by atoms with E-state index in [2.05, 4.69) is 5.32 Å². The van der Waals surface area contributed by atoms with Gasteiger partial charge < -0.3 is 5.32 Å². The molecule has 0 fully saturated rings. The zero-order valence-electron chi connectivity index (χ0n) is 14.7. The van der Waals surface area contributed by atoms with Crippen LogP contribution in [0.25, 0.3) is 0 Å². The number of benzene rings is 2. The van der Waals surface area contributed by atoms with Gasteiger partial charge in [-0.25, -0.2) is 12.8 Å². The second kappa shape index (κ2) is 9.45. The molecule has 5 nitrogen and oxygen atoms in total. The Kier molecular flexibility index (Phi) is 7.29. The quantitative estimate of drug-likeness (QED) is 0.726. The monoisotopic (exact) mass is 378 g/mol. The van der Waals surface area contributed by atoms with E-state index in [1.165, 1.54) is 6.07 Å². The van der Waals surface area contributed by atoms with Crippen molar-refractivity contribution in [2.75, 3.05) is 25.9 Å². The van der Waals surface area contributed by atoms with E-state index < -0.39 is 15.9 Å². The van der Waals surface area contributed by atoms with Crippen LogP contribution < -0.4 is 5.32 Å². The number of carbonyl (C=O) groups excluding carboxylic acids is 1. The molecule has 0 unspecified atom stereocenters. The second-order valence-electron chi connectivity index (χ2n) is 6.02. The molecule has 0 aliphatic rings. The van der Waals surface area contributed by atoms with E-state index in [1.54, 1.807) is 18.2 Å². The second-order valence-corrected chi connectivity index (χ2v) is 8.01. The zero-order chi connectivity index (χ0) is 19.0. The third kappa shape index (κ3) is 6.57. The van der Waals surface area contributed by atoms with E-state index in [-0.39, 0.29) is 25.5 Å². The smallest absolute Gasteiger partial charge is 0.235 e. The van der Waals surface area contributed by atoms with E-state index >= 15 is 0 Å². The number of carbonyl (C=O) groups is 1. The molecule has 2 aromatic rings. The standard InChI is InChI=1S/C19H23FN2O3S/c1-26(24,25)22(14-12-16-7-3-2-4-8-16)15-19(23)21-13-11-17-9-5-6-10-18(17)20/h2-10H,11-15H2,1H3,(H,21,23). The lowest BCUT2D eigenvalue weighted by Gasteiger charge is -2.19. The number of hydrogen-bond acceptors (Lipinski definition) is 3. The van der Waals surface area contributed by atoms with Crippen molar-refractivity contribution in [3.8, 4) is 0 Å². The number of hydrogen-bond donors (Lipinski definition) is 1. The predicted molar refractivity (Wildman–Crippen MR) is 99.7 cm³/mol. The molecule has 7 heteroatoms. The maximum Gasteiger partial charge on any atom is 0.235 e. The van der Waals surface area contributed by atoms with Crippen LogP contribution in [0.5, 0.6) is 0 Å². The van der Waals surface area contributed by atoms with Crippen LogP contribution in [-0.4, -0.2) is 44.5 Å². The van der Waals surface area contributed by atoms with E-state index in [9.17, 15) is 17.6 Å². The molecular formula is C19H23FN2O3S. The van der Waals surface area contributed by atoms with Crippen molar-refractivity contribution < 1.29 is 17.6 Å². The molecule has 2 aromatic carbocycles. The van der Waals surface area contributed by atoms with E-state index in [0.717, 1.165) is 16.1 Å². The summed E-state index contributed by atoms with van der Waals surface area (Å²) in [5, 5.41) is 2.65. The number of rotatable bonds is 9. The first-order valence-corrected chi connectivity index (χ1v) is 10.2. The third-order valence-corrected chi connectivity index (χ3v) is 5.21. The number of amides is 1. The normalized spacial score (nSPS) is 11.5. The van der Waals surface area contributed by atoms with E-state index in [1.807, 2.05) is 30.3 Å². The van der Waals surface area contributed by atoms with Gasteiger partial charge in [0.25, 0.3) is 0 Å². The van der Waals surface area contributed by atoms with Gasteiger partial charge in [0.15, 0.2) is 0 Å². The highest BCUT2D eigenvalue weighted by molar-refractivity contribution is 7.88. The van der Waals surface area contributed by atoms with Gasteiger partial charge in [-0.3, -0.25) is 4.79 Å². The SMILES string of the molecule is CS(=O)(=O)N(CCc1ccccc1)CC(=O)NCCc1ccccc1F. The highest BCUT2D eigenvalue weighted by atomic mass is 32.2. The van der Waals surface area contributed by atoms with Gasteiger partial charge >= 0.3 is 0 Å². The highest BCUT2D eigenvalue weighted by Gasteiger charge is 2.19. The Hall–Kier alpha value is -2.25. The number of nitrogens with zero attached hydrogens (tertiary/aromatic N) is 1. The largest absolute Gasteiger partial charge is 0.355 e. The molecule has 0 heterocycles. The first kappa shape index (κ1) is 20.1. The summed E-state index contributed by atoms with van der Waals surface area (Å²) in [5.41, 5.74) is 1.51. The summed E-state index contributed by atoms with van der Waals surface area (Å²) in [6.45, 7) is 0.225. The maximum absolute atomic E-state index is 13.5. The predicted octanol–water partition coefficient (Wildman–Crippen LogP) is 1.99. The Balaban J connectivity index is 1.85. The van der Waals surface area contributed by atoms with Crippen molar-refractivity contribution in [1.82, 2.24) is 9.62 Å². The molecule has 1 amide bonds. The van der Waals surface area contributed by atoms with Crippen molar-refractivity contribution >= 4 is 15.9 Å². The Morgan fingerprint density at radius 2 is 1.69 bits per heavy atom. The molecule has 26 heavy (non-hydrogen) atoms. The highest BCUT2D eigenvalue weighted by Crippen LogP contribution is 2.07. The lowest BCUT2D eigenvalue weighted by molar-refractivity contribution is -0.121. The molecule has 0 saturated carbocycles. The van der Waals surface area contributed by atoms with Gasteiger partial charge in [0.05, 0.1) is 12.8 Å². The zero-order valence-corrected chi connectivity index (χ0v) is 15.5. The molecule has 1 N–H and O–H groups in total. The van der Waals surface area contributed by atoms with E-state index in [0.29, 0.717) is 18.4 Å². The van der Waals surface area contributed by atoms with Gasteiger partial charge in [-0.1, -0.05) is 48.5 Å². The maximum atomic E-state index is 13.5. The number of halogens is 1. The Labute approximate surface area is 153 Å². The third-order valence-electron chi connectivity index (χ3n) is 3.96. The van der Waals surface area contributed by atoms with Crippen molar-refractivity contribution in [1.29, 1.82) is 0 Å². The van der Waals surface area contributed by atoms with Gasteiger partial charge in [-0.15, -0.1) is 0 Å². The average Bonchev–Trinajstić information content (AvgIpc) is 2.60. The first-order valence-electron chi connectivity index (χ1n) is 8.35. The fourth-order valence-corrected chi connectivity index (χ4v) is 3.29. The van der Waals surface area contributed by atoms with Crippen LogP contribution in [-0.2, 0) is 27.7 Å². The average molecular weight is 378 g/mol. The van der Waals surface area contributed by atoms with Crippen molar-refractivity contribution in [3.05, 3.63) is 71.5 Å². The molecule has 0 aliphatic carbocycles. The van der Waals surface area contributed by atoms with Crippen LogP contribution in [0.3, 0.4) is 0 Å². The minimum atomic E-state index is -3.50. The summed E-state index contributed by atoms with van der Waals surface area (Å²) in [5.74, 6) is -0.720. The van der Waals surface area contributed by atoms with Gasteiger partial charge in [-0.2, -0.15) is 4.31 Å². The van der Waals surface area contributed by atoms with Crippen LogP contribution >= 0.6 is 0 Å². The molecule has 0 saturated heterocycles. The molecule has 0 atom stereocenters. The minimum absolute atomic E-state index is 0.226. The lowest BCUT2D eigenvalue weighted by atomic mass is 10.1. The summed E-state index contributed by atoms with van der Waals surface area (Å²) in [6.07, 6.45) is 1.96. The topological polar surface area (TPSA) is 66.5 Å². The van der Waals surface area contributed by atoms with Crippen LogP contribution in [0.1, 0.15) is 11.1 Å². The van der Waals surface area contributed by atoms with Crippen LogP contribution in [0.15, 0.2) is 54.6 Å². The summed E-state index contributed by atoms with van der Waals surface area (Å²) in [7, 11) is -3.50. The number of sulfonamides is 1. The molecule has 0 spiro atoms. The summed E-state index contributed by atoms with van der Waals surface area (Å²) < 4.78 is 38.5. The Bertz CT molecular complexity index is 826. The molecule has 140 valence electrons. The van der Waals surface area contributed by atoms with Crippen molar-refractivity contribution in [2.24, 2.45) is 0 Å². The summed E-state index contributed by atoms with van der Waals surface area (Å²) in [6, 6.07) is 15.8. The molecule has 0 bridgehead atoms.